The molecule has 12 heteroatoms. The van der Waals surface area contributed by atoms with Gasteiger partial charge in [-0.3, -0.25) is 0 Å². The molecule has 3 nitrogen and oxygen atoms in total. The first-order valence-electron chi connectivity index (χ1n) is 13.5. The van der Waals surface area contributed by atoms with Gasteiger partial charge in [-0.25, -0.2) is 27.5 Å². The van der Waals surface area contributed by atoms with Gasteiger partial charge < -0.3 is 4.74 Å². The van der Waals surface area contributed by atoms with E-state index in [2.05, 4.69) is 21.3 Å². The summed E-state index contributed by atoms with van der Waals surface area (Å²) in [5, 5.41) is 0. The van der Waals surface area contributed by atoms with E-state index in [1.54, 1.807) is 24.5 Å². The molecule has 0 saturated heterocycles. The van der Waals surface area contributed by atoms with Crippen LogP contribution in [-0.2, 0) is 18.7 Å². The fraction of sp³-hybridized carbons (Fsp3) is 0.118. The van der Waals surface area contributed by atoms with E-state index < -0.39 is 63.6 Å². The Labute approximate surface area is 256 Å². The molecule has 0 spiro atoms. The van der Waals surface area contributed by atoms with Gasteiger partial charge in [0.1, 0.15) is 34.6 Å². The highest BCUT2D eigenvalue weighted by Crippen LogP contribution is 2.38. The monoisotopic (exact) mass is 644 g/mol. The molecule has 0 amide bonds. The fourth-order valence-electron chi connectivity index (χ4n) is 4.63. The third-order valence-electron chi connectivity index (χ3n) is 6.92. The number of halogens is 9. The van der Waals surface area contributed by atoms with Crippen molar-refractivity contribution in [2.24, 2.45) is 0 Å². The molecule has 0 aliphatic carbocycles. The Kier molecular flexibility index (Phi) is 8.91. The lowest BCUT2D eigenvalue weighted by molar-refractivity contribution is -0.185. The molecule has 4 aromatic carbocycles. The van der Waals surface area contributed by atoms with Gasteiger partial charge in [0.05, 0.1) is 5.56 Å². The molecule has 0 fully saturated rings. The topological polar surface area (TPSA) is 35.0 Å². The van der Waals surface area contributed by atoms with Crippen molar-refractivity contribution in [3.8, 4) is 39.4 Å². The van der Waals surface area contributed by atoms with Gasteiger partial charge in [0.25, 0.3) is 0 Å². The van der Waals surface area contributed by atoms with E-state index in [9.17, 15) is 35.1 Å². The predicted molar refractivity (Wildman–Crippen MR) is 153 cm³/mol. The molecule has 236 valence electrons. The summed E-state index contributed by atoms with van der Waals surface area (Å²) in [6, 6.07) is 11.5. The van der Waals surface area contributed by atoms with Crippen molar-refractivity contribution >= 4 is 0 Å². The number of aryl methyl sites for hydroxylation is 1. The van der Waals surface area contributed by atoms with Crippen molar-refractivity contribution in [1.82, 2.24) is 9.97 Å². The minimum absolute atomic E-state index is 0.121. The Bertz CT molecular complexity index is 1860. The zero-order valence-corrected chi connectivity index (χ0v) is 23.5. The van der Waals surface area contributed by atoms with Crippen molar-refractivity contribution in [3.05, 3.63) is 138 Å². The van der Waals surface area contributed by atoms with Crippen LogP contribution in [0.1, 0.15) is 23.1 Å². The van der Waals surface area contributed by atoms with Crippen LogP contribution in [0.15, 0.2) is 97.8 Å². The Morgan fingerprint density at radius 1 is 0.652 bits per heavy atom. The van der Waals surface area contributed by atoms with E-state index in [0.717, 1.165) is 42.7 Å². The Hall–Kier alpha value is -5.13. The number of nitrogens with zero attached hydrogens (tertiary/aromatic N) is 2. The summed E-state index contributed by atoms with van der Waals surface area (Å²) in [7, 11) is 0. The van der Waals surface area contributed by atoms with Crippen molar-refractivity contribution in [3.63, 3.8) is 0 Å². The van der Waals surface area contributed by atoms with Crippen molar-refractivity contribution < 1.29 is 44.3 Å². The van der Waals surface area contributed by atoms with Crippen LogP contribution in [0.3, 0.4) is 0 Å². The van der Waals surface area contributed by atoms with Crippen LogP contribution in [0.25, 0.3) is 33.6 Å². The second kappa shape index (κ2) is 12.7. The molecule has 0 radical (unpaired) electrons. The zero-order chi connectivity index (χ0) is 33.2. The normalized spacial score (nSPS) is 11.8. The number of benzene rings is 4. The molecule has 5 rings (SSSR count). The summed E-state index contributed by atoms with van der Waals surface area (Å²) in [5.74, 6) is -6.23. The molecule has 5 aromatic rings. The van der Waals surface area contributed by atoms with Crippen LogP contribution in [0.2, 0.25) is 0 Å². The molecule has 0 bridgehead atoms. The van der Waals surface area contributed by atoms with Crippen LogP contribution in [0.4, 0.5) is 39.5 Å². The van der Waals surface area contributed by atoms with Crippen LogP contribution in [-0.4, -0.2) is 9.97 Å². The second-order valence-corrected chi connectivity index (χ2v) is 10.1. The minimum atomic E-state index is -5.32. The fourth-order valence-corrected chi connectivity index (χ4v) is 4.63. The predicted octanol–water partition coefficient (Wildman–Crippen LogP) is 10.3. The summed E-state index contributed by atoms with van der Waals surface area (Å²) in [4.78, 5) is 8.52. The number of alkyl halides is 5. The molecule has 0 aliphatic heterocycles. The molecular formula is C34H21F9N2O. The van der Waals surface area contributed by atoms with Gasteiger partial charge in [0, 0.05) is 35.2 Å². The summed E-state index contributed by atoms with van der Waals surface area (Å²) in [6.45, 7) is 3.66. The first-order valence-corrected chi connectivity index (χ1v) is 13.5. The van der Waals surface area contributed by atoms with E-state index in [0.29, 0.717) is 17.5 Å². The van der Waals surface area contributed by atoms with Crippen molar-refractivity contribution in [2.75, 3.05) is 0 Å². The molecule has 0 aliphatic rings. The molecule has 1 heterocycles. The van der Waals surface area contributed by atoms with Gasteiger partial charge in [-0.2, -0.15) is 22.0 Å². The van der Waals surface area contributed by atoms with Gasteiger partial charge in [-0.15, -0.1) is 6.58 Å². The van der Waals surface area contributed by atoms with E-state index in [-0.39, 0.29) is 23.3 Å². The van der Waals surface area contributed by atoms with Gasteiger partial charge in [0.2, 0.25) is 0 Å². The van der Waals surface area contributed by atoms with Crippen LogP contribution >= 0.6 is 0 Å². The first-order chi connectivity index (χ1) is 21.8. The van der Waals surface area contributed by atoms with Gasteiger partial charge in [0.15, 0.2) is 5.82 Å². The lowest BCUT2D eigenvalue weighted by Crippen LogP contribution is -2.21. The standard InChI is InChI=1S/C34H21F9N2O/c1-2-3-4-19-17-44-32(45-18-19)21-7-11-25(27(35)13-21)20-5-8-23(9-6-20)34(42,43)46-24-10-12-26(28(36)16-24)22-14-29(37)31(30(38)15-22)33(39,40)41/h2,5-18H,1,3-4H2. The summed E-state index contributed by atoms with van der Waals surface area (Å²) in [6.07, 6.45) is -2.79. The molecule has 46 heavy (non-hydrogen) atoms. The van der Waals surface area contributed by atoms with E-state index in [1.807, 2.05) is 0 Å². The number of allylic oxidation sites excluding steroid dienone is 1. The van der Waals surface area contributed by atoms with Crippen LogP contribution < -0.4 is 4.74 Å². The SMILES string of the molecule is C=CCCc1cnc(-c2ccc(-c3ccc(C(F)(F)Oc4ccc(-c5cc(F)c(C(F)(F)F)c(F)c5)c(F)c4)cc3)c(F)c2)nc1. The Morgan fingerprint density at radius 2 is 1.20 bits per heavy atom. The molecule has 0 atom stereocenters. The van der Waals surface area contributed by atoms with E-state index in [1.165, 1.54) is 24.3 Å². The molecular weight excluding hydrogens is 623 g/mol. The maximum atomic E-state index is 15.0. The van der Waals surface area contributed by atoms with E-state index in [4.69, 9.17) is 0 Å². The summed E-state index contributed by atoms with van der Waals surface area (Å²) in [5.41, 5.74) is -2.22. The highest BCUT2D eigenvalue weighted by molar-refractivity contribution is 5.69. The maximum Gasteiger partial charge on any atom is 0.426 e. The quantitative estimate of drug-likeness (QED) is 0.118. The zero-order valence-electron chi connectivity index (χ0n) is 23.5. The Morgan fingerprint density at radius 3 is 1.76 bits per heavy atom. The lowest BCUT2D eigenvalue weighted by atomic mass is 10.0. The second-order valence-electron chi connectivity index (χ2n) is 10.1. The van der Waals surface area contributed by atoms with Crippen molar-refractivity contribution in [2.45, 2.75) is 25.1 Å². The first kappa shape index (κ1) is 32.3. The average Bonchev–Trinajstić information content (AvgIpc) is 2.99. The van der Waals surface area contributed by atoms with Crippen molar-refractivity contribution in [1.29, 1.82) is 0 Å². The third kappa shape index (κ3) is 6.90. The third-order valence-corrected chi connectivity index (χ3v) is 6.92. The highest BCUT2D eigenvalue weighted by atomic mass is 19.4. The van der Waals surface area contributed by atoms with Gasteiger partial charge in [-0.05, 0) is 72.0 Å². The highest BCUT2D eigenvalue weighted by Gasteiger charge is 2.38. The summed E-state index contributed by atoms with van der Waals surface area (Å²) >= 11 is 0. The minimum Gasteiger partial charge on any atom is -0.429 e. The molecule has 0 saturated carbocycles. The number of hydrogen-bond acceptors (Lipinski definition) is 3. The Balaban J connectivity index is 1.31. The molecule has 0 N–H and O–H groups in total. The number of ether oxygens (including phenoxy) is 1. The average molecular weight is 645 g/mol. The number of rotatable bonds is 9. The lowest BCUT2D eigenvalue weighted by Gasteiger charge is -2.19. The largest absolute Gasteiger partial charge is 0.429 e. The van der Waals surface area contributed by atoms with Crippen LogP contribution in [0, 0.1) is 23.3 Å². The molecule has 1 aromatic heterocycles. The van der Waals surface area contributed by atoms with Crippen LogP contribution in [0.5, 0.6) is 5.75 Å². The number of hydrogen-bond donors (Lipinski definition) is 0. The van der Waals surface area contributed by atoms with Gasteiger partial charge in [-0.1, -0.05) is 30.3 Å². The number of aromatic nitrogens is 2. The van der Waals surface area contributed by atoms with E-state index >= 15 is 4.39 Å². The molecule has 0 unspecified atom stereocenters. The summed E-state index contributed by atoms with van der Waals surface area (Å²) < 4.78 is 131. The van der Waals surface area contributed by atoms with Gasteiger partial charge >= 0.3 is 12.3 Å². The maximum absolute atomic E-state index is 15.0. The smallest absolute Gasteiger partial charge is 0.426 e.